The molecule has 0 unspecified atom stereocenters. The molecule has 0 aliphatic heterocycles. The predicted octanol–water partition coefficient (Wildman–Crippen LogP) is 7.67. The molecule has 0 aliphatic carbocycles. The van der Waals surface area contributed by atoms with Gasteiger partial charge in [0.15, 0.2) is 11.6 Å². The van der Waals surface area contributed by atoms with Crippen molar-refractivity contribution < 1.29 is 0 Å². The Labute approximate surface area is 200 Å². The monoisotopic (exact) mass is 459 g/mol. The molecule has 0 fully saturated rings. The van der Waals surface area contributed by atoms with E-state index in [2.05, 4.69) is 45.0 Å². The molecule has 2 aromatic rings. The zero-order valence-corrected chi connectivity index (χ0v) is 21.0. The molecule has 32 heavy (non-hydrogen) atoms. The van der Waals surface area contributed by atoms with Crippen molar-refractivity contribution in [3.63, 3.8) is 0 Å². The summed E-state index contributed by atoms with van der Waals surface area (Å²) in [6.07, 6.45) is 21.8. The van der Waals surface area contributed by atoms with Crippen molar-refractivity contribution in [2.24, 2.45) is 0 Å². The molecule has 0 saturated carbocycles. The maximum Gasteiger partial charge on any atom is 0.154 e. The lowest BCUT2D eigenvalue weighted by atomic mass is 10.0. The lowest BCUT2D eigenvalue weighted by molar-refractivity contribution is 0.537. The summed E-state index contributed by atoms with van der Waals surface area (Å²) >= 11 is 1.78. The summed E-state index contributed by atoms with van der Waals surface area (Å²) in [6, 6.07) is 4.23. The zero-order valence-electron chi connectivity index (χ0n) is 20.2. The second kappa shape index (κ2) is 17.7. The lowest BCUT2D eigenvalue weighted by Gasteiger charge is -2.12. The topological polar surface area (TPSA) is 75.9 Å². The third-order valence-corrected chi connectivity index (χ3v) is 6.89. The molecule has 0 amide bonds. The number of anilines is 3. The molecule has 0 atom stereocenters. The van der Waals surface area contributed by atoms with Crippen molar-refractivity contribution in [1.29, 1.82) is 0 Å². The molecule has 5 nitrogen and oxygen atoms in total. The maximum absolute atomic E-state index is 6.26. The molecule has 6 heteroatoms. The van der Waals surface area contributed by atoms with E-state index in [1.165, 1.54) is 88.3 Å². The number of hydrogen-bond donors (Lipinski definition) is 3. The van der Waals surface area contributed by atoms with Crippen LogP contribution in [0.1, 0.15) is 102 Å². The smallest absolute Gasteiger partial charge is 0.154 e. The van der Waals surface area contributed by atoms with Gasteiger partial charge in [-0.3, -0.25) is 0 Å². The first-order valence-electron chi connectivity index (χ1n) is 12.9. The van der Waals surface area contributed by atoms with Crippen molar-refractivity contribution in [3.8, 4) is 0 Å². The fraction of sp³-hybridized carbons (Fsp3) is 0.692. The summed E-state index contributed by atoms with van der Waals surface area (Å²) in [5, 5.41) is 8.83. The number of rotatable bonds is 20. The van der Waals surface area contributed by atoms with E-state index in [0.717, 1.165) is 37.6 Å². The maximum atomic E-state index is 6.26. The second-order valence-corrected chi connectivity index (χ2v) is 9.80. The fourth-order valence-electron chi connectivity index (χ4n) is 3.96. The van der Waals surface area contributed by atoms with Gasteiger partial charge in [0.1, 0.15) is 12.0 Å². The molecule has 0 aliphatic rings. The summed E-state index contributed by atoms with van der Waals surface area (Å²) in [6.45, 7) is 4.02. The largest absolute Gasteiger partial charge is 0.393 e. The highest BCUT2D eigenvalue weighted by atomic mass is 32.1. The summed E-state index contributed by atoms with van der Waals surface area (Å²) in [5.74, 6) is 1.47. The highest BCUT2D eigenvalue weighted by Crippen LogP contribution is 2.22. The van der Waals surface area contributed by atoms with Crippen LogP contribution in [-0.4, -0.2) is 23.1 Å². The average Bonchev–Trinajstić information content (AvgIpc) is 3.32. The molecule has 2 heterocycles. The highest BCUT2D eigenvalue weighted by molar-refractivity contribution is 7.09. The summed E-state index contributed by atoms with van der Waals surface area (Å²) in [5.41, 5.74) is 6.87. The molecule has 4 N–H and O–H groups in total. The number of thiophene rings is 1. The summed E-state index contributed by atoms with van der Waals surface area (Å²) in [4.78, 5) is 9.97. The van der Waals surface area contributed by atoms with Crippen molar-refractivity contribution >= 4 is 28.7 Å². The van der Waals surface area contributed by atoms with E-state index >= 15 is 0 Å². The third kappa shape index (κ3) is 11.7. The molecule has 2 rings (SSSR count). The van der Waals surface area contributed by atoms with Crippen LogP contribution in [0.25, 0.3) is 0 Å². The van der Waals surface area contributed by atoms with Crippen LogP contribution in [0, 0.1) is 0 Å². The first-order valence-corrected chi connectivity index (χ1v) is 13.8. The first kappa shape index (κ1) is 26.4. The Balaban J connectivity index is 1.44. The van der Waals surface area contributed by atoms with Crippen LogP contribution in [-0.2, 0) is 6.42 Å². The van der Waals surface area contributed by atoms with Crippen molar-refractivity contribution in [3.05, 3.63) is 28.7 Å². The molecule has 180 valence electrons. The van der Waals surface area contributed by atoms with Crippen LogP contribution < -0.4 is 16.4 Å². The van der Waals surface area contributed by atoms with Crippen molar-refractivity contribution in [1.82, 2.24) is 9.97 Å². The highest BCUT2D eigenvalue weighted by Gasteiger charge is 2.07. The van der Waals surface area contributed by atoms with Crippen molar-refractivity contribution in [2.45, 2.75) is 103 Å². The van der Waals surface area contributed by atoms with E-state index in [1.54, 1.807) is 17.7 Å². The molecule has 0 aromatic carbocycles. The van der Waals surface area contributed by atoms with Gasteiger partial charge in [-0.2, -0.15) is 0 Å². The van der Waals surface area contributed by atoms with Crippen LogP contribution in [0.5, 0.6) is 0 Å². The van der Waals surface area contributed by atoms with E-state index < -0.39 is 0 Å². The fourth-order valence-corrected chi connectivity index (χ4v) is 4.67. The minimum atomic E-state index is 0.615. The Morgan fingerprint density at radius 1 is 0.750 bits per heavy atom. The minimum absolute atomic E-state index is 0.615. The quantitative estimate of drug-likeness (QED) is 0.177. The number of hydrogen-bond acceptors (Lipinski definition) is 6. The van der Waals surface area contributed by atoms with Gasteiger partial charge in [-0.15, -0.1) is 11.3 Å². The second-order valence-electron chi connectivity index (χ2n) is 8.76. The molecular formula is C26H45N5S. The van der Waals surface area contributed by atoms with Gasteiger partial charge in [0, 0.05) is 18.0 Å². The molecular weight excluding hydrogens is 414 g/mol. The Morgan fingerprint density at radius 2 is 1.28 bits per heavy atom. The standard InChI is InChI=1S/C26H45N5S/c1-2-3-4-5-6-7-8-9-10-11-12-13-14-15-19-28-25-24(27)26(31-22-30-25)29-20-18-23-17-16-21-32-23/h16-17,21-22H,2-15,18-20,27H2,1H3,(H2,28,29,30,31). The number of nitrogens with one attached hydrogen (secondary N) is 2. The van der Waals surface area contributed by atoms with Gasteiger partial charge >= 0.3 is 0 Å². The molecule has 2 aromatic heterocycles. The third-order valence-electron chi connectivity index (χ3n) is 5.95. The molecule has 0 spiro atoms. The van der Waals surface area contributed by atoms with Gasteiger partial charge in [-0.25, -0.2) is 9.97 Å². The number of unbranched alkanes of at least 4 members (excludes halogenated alkanes) is 13. The predicted molar refractivity (Wildman–Crippen MR) is 142 cm³/mol. The van der Waals surface area contributed by atoms with E-state index in [1.807, 2.05) is 0 Å². The van der Waals surface area contributed by atoms with Crippen molar-refractivity contribution in [2.75, 3.05) is 29.5 Å². The Kier molecular flexibility index (Phi) is 14.6. The average molecular weight is 460 g/mol. The SMILES string of the molecule is CCCCCCCCCCCCCCCCNc1ncnc(NCCc2cccs2)c1N. The van der Waals surface area contributed by atoms with E-state index in [4.69, 9.17) is 5.73 Å². The molecule has 0 bridgehead atoms. The molecule has 0 radical (unpaired) electrons. The number of nitrogens with two attached hydrogens (primary N) is 1. The zero-order chi connectivity index (χ0) is 22.7. The van der Waals surface area contributed by atoms with Crippen LogP contribution >= 0.6 is 11.3 Å². The lowest BCUT2D eigenvalue weighted by Crippen LogP contribution is -2.12. The normalized spacial score (nSPS) is 11.0. The molecule has 0 saturated heterocycles. The minimum Gasteiger partial charge on any atom is -0.393 e. The van der Waals surface area contributed by atoms with Crippen LogP contribution in [0.2, 0.25) is 0 Å². The summed E-state index contributed by atoms with van der Waals surface area (Å²) in [7, 11) is 0. The number of nitrogen functional groups attached to an aromatic ring is 1. The summed E-state index contributed by atoms with van der Waals surface area (Å²) < 4.78 is 0. The van der Waals surface area contributed by atoms with Gasteiger partial charge in [0.05, 0.1) is 0 Å². The van der Waals surface area contributed by atoms with Crippen LogP contribution in [0.15, 0.2) is 23.8 Å². The van der Waals surface area contributed by atoms with E-state index in [0.29, 0.717) is 5.69 Å². The Bertz CT molecular complexity index is 690. The number of nitrogens with zero attached hydrogens (tertiary/aromatic N) is 2. The number of aromatic nitrogens is 2. The Morgan fingerprint density at radius 3 is 1.81 bits per heavy atom. The van der Waals surface area contributed by atoms with E-state index in [9.17, 15) is 0 Å². The van der Waals surface area contributed by atoms with Gasteiger partial charge < -0.3 is 16.4 Å². The van der Waals surface area contributed by atoms with Gasteiger partial charge in [0.2, 0.25) is 0 Å². The van der Waals surface area contributed by atoms with Crippen LogP contribution in [0.4, 0.5) is 17.3 Å². The van der Waals surface area contributed by atoms with E-state index in [-0.39, 0.29) is 0 Å². The Hall–Kier alpha value is -1.82. The van der Waals surface area contributed by atoms with Gasteiger partial charge in [0.25, 0.3) is 0 Å². The van der Waals surface area contributed by atoms with Gasteiger partial charge in [-0.1, -0.05) is 96.5 Å². The van der Waals surface area contributed by atoms with Gasteiger partial charge in [-0.05, 0) is 24.3 Å². The van der Waals surface area contributed by atoms with Crippen LogP contribution in [0.3, 0.4) is 0 Å². The first-order chi connectivity index (χ1) is 15.8.